The minimum absolute atomic E-state index is 0.104. The molecule has 1 aliphatic carbocycles. The van der Waals surface area contributed by atoms with Gasteiger partial charge in [0.25, 0.3) is 0 Å². The Hall–Kier alpha value is -0.153. The lowest BCUT2D eigenvalue weighted by atomic mass is 9.75. The summed E-state index contributed by atoms with van der Waals surface area (Å²) in [5.41, 5.74) is 0. The number of ketones is 1. The molecule has 106 valence electrons. The maximum absolute atomic E-state index is 12.3. The van der Waals surface area contributed by atoms with E-state index in [-0.39, 0.29) is 12.0 Å². The third-order valence-electron chi connectivity index (χ3n) is 3.92. The molecule has 2 nitrogen and oxygen atoms in total. The van der Waals surface area contributed by atoms with Crippen molar-refractivity contribution in [3.63, 3.8) is 0 Å². The summed E-state index contributed by atoms with van der Waals surface area (Å²) in [7, 11) is -1.56. The predicted molar refractivity (Wildman–Crippen MR) is 79.3 cm³/mol. The van der Waals surface area contributed by atoms with E-state index in [9.17, 15) is 4.79 Å². The van der Waals surface area contributed by atoms with Gasteiger partial charge in [-0.15, -0.1) is 0 Å². The van der Waals surface area contributed by atoms with E-state index in [0.29, 0.717) is 18.1 Å². The first-order valence-electron chi connectivity index (χ1n) is 7.55. The van der Waals surface area contributed by atoms with E-state index >= 15 is 0 Å². The van der Waals surface area contributed by atoms with Gasteiger partial charge in [-0.25, -0.2) is 0 Å². The van der Waals surface area contributed by atoms with E-state index in [1.807, 2.05) is 6.92 Å². The number of hydrogen-bond donors (Lipinski definition) is 0. The highest BCUT2D eigenvalue weighted by Gasteiger charge is 2.35. The summed E-state index contributed by atoms with van der Waals surface area (Å²) < 4.78 is 6.19. The highest BCUT2D eigenvalue weighted by molar-refractivity contribution is 6.69. The van der Waals surface area contributed by atoms with Gasteiger partial charge in [-0.2, -0.15) is 0 Å². The van der Waals surface area contributed by atoms with Gasteiger partial charge in [0.05, 0.1) is 6.10 Å². The molecule has 0 aliphatic heterocycles. The fourth-order valence-corrected chi connectivity index (χ4v) is 4.53. The van der Waals surface area contributed by atoms with Crippen molar-refractivity contribution in [1.82, 2.24) is 0 Å². The molecule has 0 aromatic heterocycles. The van der Waals surface area contributed by atoms with E-state index < -0.39 is 8.32 Å². The summed E-state index contributed by atoms with van der Waals surface area (Å²) in [5, 5.41) is 0. The molecule has 0 aromatic rings. The fourth-order valence-electron chi connectivity index (χ4n) is 3.27. The summed E-state index contributed by atoms with van der Waals surface area (Å²) in [6.07, 6.45) is 7.11. The van der Waals surface area contributed by atoms with Crippen LogP contribution in [0.5, 0.6) is 0 Å². The summed E-state index contributed by atoms with van der Waals surface area (Å²) in [5.74, 6) is 1.12. The topological polar surface area (TPSA) is 26.3 Å². The van der Waals surface area contributed by atoms with Gasteiger partial charge in [0.2, 0.25) is 0 Å². The van der Waals surface area contributed by atoms with Crippen molar-refractivity contribution in [3.05, 3.63) is 0 Å². The van der Waals surface area contributed by atoms with Crippen molar-refractivity contribution in [2.45, 2.75) is 78.1 Å². The Morgan fingerprint density at radius 1 is 1.22 bits per heavy atom. The molecule has 0 heterocycles. The lowest BCUT2D eigenvalue weighted by molar-refractivity contribution is -0.128. The Morgan fingerprint density at radius 3 is 2.22 bits per heavy atom. The highest BCUT2D eigenvalue weighted by atomic mass is 28.4. The summed E-state index contributed by atoms with van der Waals surface area (Å²) in [4.78, 5) is 12.3. The van der Waals surface area contributed by atoms with Gasteiger partial charge < -0.3 is 4.43 Å². The number of rotatable bonds is 6. The second-order valence-electron chi connectivity index (χ2n) is 6.68. The van der Waals surface area contributed by atoms with Gasteiger partial charge in [0.15, 0.2) is 8.32 Å². The minimum atomic E-state index is -1.56. The third-order valence-corrected chi connectivity index (χ3v) is 5.00. The van der Waals surface area contributed by atoms with Crippen LogP contribution in [0.15, 0.2) is 0 Å². The first kappa shape index (κ1) is 15.9. The van der Waals surface area contributed by atoms with E-state index in [0.717, 1.165) is 0 Å². The largest absolute Gasteiger partial charge is 0.414 e. The Kier molecular flexibility index (Phi) is 6.05. The van der Waals surface area contributed by atoms with Gasteiger partial charge in [0.1, 0.15) is 5.78 Å². The van der Waals surface area contributed by atoms with Crippen LogP contribution in [-0.4, -0.2) is 20.2 Å². The smallest absolute Gasteiger partial charge is 0.184 e. The van der Waals surface area contributed by atoms with Crippen LogP contribution >= 0.6 is 0 Å². The average molecular weight is 270 g/mol. The number of carbonyl (C=O) groups excluding carboxylic acids is 1. The molecule has 1 saturated carbocycles. The van der Waals surface area contributed by atoms with Gasteiger partial charge in [-0.05, 0) is 45.3 Å². The van der Waals surface area contributed by atoms with E-state index in [4.69, 9.17) is 4.43 Å². The first-order chi connectivity index (χ1) is 8.35. The summed E-state index contributed by atoms with van der Waals surface area (Å²) >= 11 is 0. The Morgan fingerprint density at radius 2 is 1.78 bits per heavy atom. The molecule has 1 rings (SSSR count). The van der Waals surface area contributed by atoms with Crippen LogP contribution in [0.25, 0.3) is 0 Å². The average Bonchev–Trinajstić information content (AvgIpc) is 2.28. The first-order valence-corrected chi connectivity index (χ1v) is 11.0. The quantitative estimate of drug-likeness (QED) is 0.669. The van der Waals surface area contributed by atoms with E-state index in [2.05, 4.69) is 26.6 Å². The molecular formula is C15H30O2Si. The summed E-state index contributed by atoms with van der Waals surface area (Å²) in [6, 6.07) is 0. The molecule has 1 fully saturated rings. The van der Waals surface area contributed by atoms with Crippen molar-refractivity contribution in [2.75, 3.05) is 0 Å². The SMILES string of the molecule is CCC(=O)C(C1CCCCC1)C(C)O[Si](C)(C)C. The van der Waals surface area contributed by atoms with Crippen molar-refractivity contribution < 1.29 is 9.22 Å². The maximum Gasteiger partial charge on any atom is 0.184 e. The molecule has 2 atom stereocenters. The number of Topliss-reactive ketones (excluding diaryl/α,β-unsaturated/α-hetero) is 1. The van der Waals surface area contributed by atoms with Crippen molar-refractivity contribution in [3.8, 4) is 0 Å². The maximum atomic E-state index is 12.3. The monoisotopic (exact) mass is 270 g/mol. The third kappa shape index (κ3) is 4.85. The van der Waals surface area contributed by atoms with Crippen molar-refractivity contribution in [2.24, 2.45) is 11.8 Å². The van der Waals surface area contributed by atoms with Crippen LogP contribution in [0.3, 0.4) is 0 Å². The normalized spacial score (nSPS) is 21.6. The molecule has 0 radical (unpaired) electrons. The molecule has 0 amide bonds. The molecule has 0 spiro atoms. The number of carbonyl (C=O) groups is 1. The van der Waals surface area contributed by atoms with Crippen LogP contribution in [-0.2, 0) is 9.22 Å². The zero-order valence-electron chi connectivity index (χ0n) is 12.8. The van der Waals surface area contributed by atoms with Crippen molar-refractivity contribution in [1.29, 1.82) is 0 Å². The Labute approximate surface area is 114 Å². The van der Waals surface area contributed by atoms with Crippen LogP contribution in [0.1, 0.15) is 52.4 Å². The highest BCUT2D eigenvalue weighted by Crippen LogP contribution is 2.34. The van der Waals surface area contributed by atoms with Gasteiger partial charge >= 0.3 is 0 Å². The van der Waals surface area contributed by atoms with Gasteiger partial charge in [-0.1, -0.05) is 26.2 Å². The van der Waals surface area contributed by atoms with Crippen LogP contribution < -0.4 is 0 Å². The van der Waals surface area contributed by atoms with E-state index in [1.54, 1.807) is 0 Å². The van der Waals surface area contributed by atoms with Crippen molar-refractivity contribution >= 4 is 14.1 Å². The number of hydrogen-bond acceptors (Lipinski definition) is 2. The predicted octanol–water partition coefficient (Wildman–Crippen LogP) is 4.40. The molecule has 0 aromatic carbocycles. The molecule has 3 heteroatoms. The molecule has 2 unspecified atom stereocenters. The Bertz CT molecular complexity index is 264. The van der Waals surface area contributed by atoms with Crippen LogP contribution in [0.4, 0.5) is 0 Å². The lowest BCUT2D eigenvalue weighted by Gasteiger charge is -2.36. The second-order valence-corrected chi connectivity index (χ2v) is 11.1. The zero-order chi connectivity index (χ0) is 13.8. The molecule has 18 heavy (non-hydrogen) atoms. The fraction of sp³-hybridized carbons (Fsp3) is 0.933. The zero-order valence-corrected chi connectivity index (χ0v) is 13.8. The van der Waals surface area contributed by atoms with Gasteiger partial charge in [-0.3, -0.25) is 4.79 Å². The second kappa shape index (κ2) is 6.85. The van der Waals surface area contributed by atoms with Gasteiger partial charge in [0, 0.05) is 12.3 Å². The molecular weight excluding hydrogens is 240 g/mol. The van der Waals surface area contributed by atoms with E-state index in [1.165, 1.54) is 32.1 Å². The Balaban J connectivity index is 2.73. The van der Waals surface area contributed by atoms with Crippen LogP contribution in [0, 0.1) is 11.8 Å². The molecule has 0 N–H and O–H groups in total. The lowest BCUT2D eigenvalue weighted by Crippen LogP contribution is -2.41. The van der Waals surface area contributed by atoms with Crippen LogP contribution in [0.2, 0.25) is 19.6 Å². The standard InChI is InChI=1S/C15H30O2Si/c1-6-14(16)15(12(2)17-18(3,4)5)13-10-8-7-9-11-13/h12-13,15H,6-11H2,1-5H3. The molecule has 1 aliphatic rings. The minimum Gasteiger partial charge on any atom is -0.414 e. The summed E-state index contributed by atoms with van der Waals surface area (Å²) in [6.45, 7) is 10.7. The molecule has 0 saturated heterocycles. The molecule has 0 bridgehead atoms.